The zero-order valence-electron chi connectivity index (χ0n) is 11.7. The van der Waals surface area contributed by atoms with Gasteiger partial charge in [0.2, 0.25) is 17.8 Å². The smallest absolute Gasteiger partial charge is 0.234 e. The lowest BCUT2D eigenvalue weighted by Gasteiger charge is -2.08. The van der Waals surface area contributed by atoms with Gasteiger partial charge in [0.15, 0.2) is 10.9 Å². The predicted molar refractivity (Wildman–Crippen MR) is 84.5 cm³/mol. The number of amides is 1. The molecule has 0 aliphatic carbocycles. The van der Waals surface area contributed by atoms with Gasteiger partial charge >= 0.3 is 0 Å². The lowest BCUT2D eigenvalue weighted by atomic mass is 10.1. The molecule has 0 bridgehead atoms. The third kappa shape index (κ3) is 4.16. The van der Waals surface area contributed by atoms with E-state index < -0.39 is 0 Å². The number of thioether (sulfide) groups is 1. The van der Waals surface area contributed by atoms with Gasteiger partial charge < -0.3 is 16.8 Å². The monoisotopic (exact) mass is 318 g/mol. The summed E-state index contributed by atoms with van der Waals surface area (Å²) in [6.45, 7) is 1.44. The Hall–Kier alpha value is -2.68. The Balaban J connectivity index is 2.00. The Kier molecular flexibility index (Phi) is 4.89. The number of benzene rings is 1. The quantitative estimate of drug-likeness (QED) is 0.548. The highest BCUT2D eigenvalue weighted by Gasteiger charge is 2.11. The number of aromatic nitrogens is 3. The molecular formula is C13H14N6O2S. The summed E-state index contributed by atoms with van der Waals surface area (Å²) in [5.41, 5.74) is 11.8. The standard InChI is InChI=1S/C13H14N6O2S/c1-7(20)8-4-2-3-5-9(8)16-10(21)6-22-13-18-11(14)17-12(15)19-13/h2-5H,6H2,1H3,(H,16,21)(H4,14,15,17,18,19). The molecule has 0 atom stereocenters. The van der Waals surface area contributed by atoms with Crippen LogP contribution in [0.5, 0.6) is 0 Å². The van der Waals surface area contributed by atoms with E-state index in [2.05, 4.69) is 20.3 Å². The van der Waals surface area contributed by atoms with Crippen LogP contribution in [-0.4, -0.2) is 32.4 Å². The molecule has 1 aromatic heterocycles. The van der Waals surface area contributed by atoms with E-state index in [0.717, 1.165) is 11.8 Å². The summed E-state index contributed by atoms with van der Waals surface area (Å²) in [5, 5.41) is 2.94. The first-order valence-electron chi connectivity index (χ1n) is 6.25. The second-order valence-corrected chi connectivity index (χ2v) is 5.22. The number of nitrogen functional groups attached to an aromatic ring is 2. The highest BCUT2D eigenvalue weighted by Crippen LogP contribution is 2.18. The number of hydrogen-bond acceptors (Lipinski definition) is 8. The van der Waals surface area contributed by atoms with E-state index >= 15 is 0 Å². The molecule has 1 amide bonds. The van der Waals surface area contributed by atoms with Crippen LogP contribution in [0.4, 0.5) is 17.6 Å². The summed E-state index contributed by atoms with van der Waals surface area (Å²) >= 11 is 1.07. The van der Waals surface area contributed by atoms with Crippen LogP contribution in [0.15, 0.2) is 29.4 Å². The Morgan fingerprint density at radius 1 is 1.14 bits per heavy atom. The highest BCUT2D eigenvalue weighted by atomic mass is 32.2. The molecule has 2 rings (SSSR count). The van der Waals surface area contributed by atoms with E-state index in [4.69, 9.17) is 11.5 Å². The third-order valence-electron chi connectivity index (χ3n) is 2.56. The third-order valence-corrected chi connectivity index (χ3v) is 3.41. The van der Waals surface area contributed by atoms with Crippen molar-refractivity contribution >= 4 is 41.0 Å². The maximum atomic E-state index is 12.0. The van der Waals surface area contributed by atoms with E-state index in [9.17, 15) is 9.59 Å². The molecule has 8 nitrogen and oxygen atoms in total. The number of nitrogens with two attached hydrogens (primary N) is 2. The van der Waals surface area contributed by atoms with Gasteiger partial charge in [-0.15, -0.1) is 0 Å². The topological polar surface area (TPSA) is 137 Å². The fraction of sp³-hybridized carbons (Fsp3) is 0.154. The molecule has 0 fully saturated rings. The Morgan fingerprint density at radius 3 is 2.41 bits per heavy atom. The van der Waals surface area contributed by atoms with E-state index in [-0.39, 0.29) is 34.5 Å². The lowest BCUT2D eigenvalue weighted by molar-refractivity contribution is -0.113. The molecule has 9 heteroatoms. The van der Waals surface area contributed by atoms with Crippen LogP contribution in [0.3, 0.4) is 0 Å². The zero-order valence-corrected chi connectivity index (χ0v) is 12.6. The average Bonchev–Trinajstić information content (AvgIpc) is 2.44. The average molecular weight is 318 g/mol. The van der Waals surface area contributed by atoms with Gasteiger partial charge in [-0.25, -0.2) is 0 Å². The summed E-state index contributed by atoms with van der Waals surface area (Å²) < 4.78 is 0. The molecule has 5 N–H and O–H groups in total. The van der Waals surface area contributed by atoms with Crippen molar-refractivity contribution in [1.82, 2.24) is 15.0 Å². The normalized spacial score (nSPS) is 10.2. The van der Waals surface area contributed by atoms with Gasteiger partial charge in [-0.05, 0) is 19.1 Å². The van der Waals surface area contributed by atoms with Crippen LogP contribution in [-0.2, 0) is 4.79 Å². The first-order valence-corrected chi connectivity index (χ1v) is 7.24. The molecule has 2 aromatic rings. The summed E-state index contributed by atoms with van der Waals surface area (Å²) in [6.07, 6.45) is 0. The zero-order chi connectivity index (χ0) is 16.1. The van der Waals surface area contributed by atoms with Crippen molar-refractivity contribution < 1.29 is 9.59 Å². The van der Waals surface area contributed by atoms with Crippen molar-refractivity contribution in [2.45, 2.75) is 12.1 Å². The molecule has 22 heavy (non-hydrogen) atoms. The fourth-order valence-electron chi connectivity index (χ4n) is 1.67. The van der Waals surface area contributed by atoms with Crippen molar-refractivity contribution in [3.05, 3.63) is 29.8 Å². The summed E-state index contributed by atoms with van der Waals surface area (Å²) in [4.78, 5) is 34.8. The van der Waals surface area contributed by atoms with Crippen molar-refractivity contribution in [3.8, 4) is 0 Å². The van der Waals surface area contributed by atoms with Gasteiger partial charge in [-0.2, -0.15) is 15.0 Å². The van der Waals surface area contributed by atoms with Crippen LogP contribution in [0.2, 0.25) is 0 Å². The number of carbonyl (C=O) groups is 2. The Bertz CT molecular complexity index is 701. The number of nitrogens with zero attached hydrogens (tertiary/aromatic N) is 3. The molecule has 114 valence electrons. The molecule has 0 spiro atoms. The van der Waals surface area contributed by atoms with Crippen molar-refractivity contribution in [2.24, 2.45) is 0 Å². The second-order valence-electron chi connectivity index (χ2n) is 4.27. The minimum absolute atomic E-state index is 0.00247. The van der Waals surface area contributed by atoms with Gasteiger partial charge in [0.05, 0.1) is 11.4 Å². The van der Waals surface area contributed by atoms with E-state index in [1.165, 1.54) is 6.92 Å². The van der Waals surface area contributed by atoms with Crippen LogP contribution in [0.25, 0.3) is 0 Å². The van der Waals surface area contributed by atoms with Gasteiger partial charge in [-0.1, -0.05) is 23.9 Å². The van der Waals surface area contributed by atoms with Crippen LogP contribution in [0.1, 0.15) is 17.3 Å². The molecule has 0 radical (unpaired) electrons. The van der Waals surface area contributed by atoms with E-state index in [0.29, 0.717) is 11.3 Å². The molecule has 0 saturated heterocycles. The highest BCUT2D eigenvalue weighted by molar-refractivity contribution is 7.99. The first-order chi connectivity index (χ1) is 10.5. The Morgan fingerprint density at radius 2 is 1.77 bits per heavy atom. The number of hydrogen-bond donors (Lipinski definition) is 3. The first kappa shape index (κ1) is 15.7. The summed E-state index contributed by atoms with van der Waals surface area (Å²) in [6, 6.07) is 6.79. The van der Waals surface area contributed by atoms with Crippen LogP contribution in [0, 0.1) is 0 Å². The van der Waals surface area contributed by atoms with Gasteiger partial charge in [0, 0.05) is 5.56 Å². The van der Waals surface area contributed by atoms with Crippen molar-refractivity contribution in [1.29, 1.82) is 0 Å². The molecular weight excluding hydrogens is 304 g/mol. The van der Waals surface area contributed by atoms with E-state index in [1.54, 1.807) is 24.3 Å². The van der Waals surface area contributed by atoms with Gasteiger partial charge in [0.25, 0.3) is 0 Å². The number of Topliss-reactive ketones (excluding diaryl/α,β-unsaturated/α-hetero) is 1. The minimum atomic E-state index is -0.295. The second kappa shape index (κ2) is 6.85. The number of ketones is 1. The fourth-order valence-corrected chi connectivity index (χ4v) is 2.32. The summed E-state index contributed by atoms with van der Waals surface area (Å²) in [7, 11) is 0. The maximum Gasteiger partial charge on any atom is 0.234 e. The number of rotatable bonds is 5. The van der Waals surface area contributed by atoms with Gasteiger partial charge in [-0.3, -0.25) is 9.59 Å². The predicted octanol–water partition coefficient (Wildman–Crippen LogP) is 0.969. The van der Waals surface area contributed by atoms with Gasteiger partial charge in [0.1, 0.15) is 0 Å². The SMILES string of the molecule is CC(=O)c1ccccc1NC(=O)CSc1nc(N)nc(N)n1. The molecule has 1 aromatic carbocycles. The number of para-hydroxylation sites is 1. The molecule has 0 aliphatic rings. The minimum Gasteiger partial charge on any atom is -0.368 e. The van der Waals surface area contributed by atoms with Crippen LogP contribution >= 0.6 is 11.8 Å². The molecule has 0 unspecified atom stereocenters. The molecule has 1 heterocycles. The van der Waals surface area contributed by atoms with Crippen molar-refractivity contribution in [3.63, 3.8) is 0 Å². The van der Waals surface area contributed by atoms with Crippen LogP contribution < -0.4 is 16.8 Å². The molecule has 0 saturated carbocycles. The largest absolute Gasteiger partial charge is 0.368 e. The van der Waals surface area contributed by atoms with Crippen molar-refractivity contribution in [2.75, 3.05) is 22.5 Å². The number of carbonyl (C=O) groups excluding carboxylic acids is 2. The van der Waals surface area contributed by atoms with E-state index in [1.807, 2.05) is 0 Å². The molecule has 0 aliphatic heterocycles. The maximum absolute atomic E-state index is 12.0. The number of anilines is 3. The lowest BCUT2D eigenvalue weighted by Crippen LogP contribution is -2.16. The number of nitrogens with one attached hydrogen (secondary N) is 1. The summed E-state index contributed by atoms with van der Waals surface area (Å²) in [5.74, 6) is -0.373. The Labute approximate surface area is 130 Å².